The van der Waals surface area contributed by atoms with Crippen molar-refractivity contribution < 1.29 is 23.7 Å². The first-order valence-electron chi connectivity index (χ1n) is 6.17. The van der Waals surface area contributed by atoms with Crippen molar-refractivity contribution in [2.24, 2.45) is 0 Å². The molecule has 1 aromatic rings. The van der Waals surface area contributed by atoms with Gasteiger partial charge in [-0.3, -0.25) is 10.1 Å². The molecular weight excluding hydrogens is 268 g/mol. The second-order valence-corrected chi connectivity index (χ2v) is 4.51. The van der Waals surface area contributed by atoms with Gasteiger partial charge in [-0.15, -0.1) is 0 Å². The van der Waals surface area contributed by atoms with Gasteiger partial charge in [0.05, 0.1) is 0 Å². The minimum atomic E-state index is -0.926. The number of hydrogen-bond acceptors (Lipinski definition) is 2. The zero-order chi connectivity index (χ0) is 15.3. The number of quaternary nitrogens is 1. The summed E-state index contributed by atoms with van der Waals surface area (Å²) in [5.74, 6) is -2.30. The maximum absolute atomic E-state index is 13.1. The van der Waals surface area contributed by atoms with Crippen LogP contribution < -0.4 is 16.0 Å². The lowest BCUT2D eigenvalue weighted by Gasteiger charge is -2.16. The Bertz CT molecular complexity index is 508. The van der Waals surface area contributed by atoms with Crippen LogP contribution in [-0.4, -0.2) is 25.0 Å². The number of imide groups is 1. The molecular formula is C13H18F2N3O2+. The minimum absolute atomic E-state index is 0.254. The fourth-order valence-corrected chi connectivity index (χ4v) is 1.72. The van der Waals surface area contributed by atoms with Crippen LogP contribution in [0, 0.1) is 11.6 Å². The van der Waals surface area contributed by atoms with Crippen molar-refractivity contribution in [2.45, 2.75) is 25.9 Å². The molecule has 0 fully saturated rings. The monoisotopic (exact) mass is 286 g/mol. The number of urea groups is 1. The Morgan fingerprint density at radius 3 is 2.40 bits per heavy atom. The molecule has 20 heavy (non-hydrogen) atoms. The predicted molar refractivity (Wildman–Crippen MR) is 68.8 cm³/mol. The third-order valence-corrected chi connectivity index (χ3v) is 2.92. The molecule has 0 aliphatic carbocycles. The Morgan fingerprint density at radius 2 is 1.85 bits per heavy atom. The summed E-state index contributed by atoms with van der Waals surface area (Å²) < 4.78 is 26.0. The Morgan fingerprint density at radius 1 is 1.20 bits per heavy atom. The van der Waals surface area contributed by atoms with Crippen molar-refractivity contribution in [3.05, 3.63) is 35.4 Å². The van der Waals surface area contributed by atoms with Crippen molar-refractivity contribution in [2.75, 3.05) is 7.05 Å². The van der Waals surface area contributed by atoms with Crippen LogP contribution in [0.5, 0.6) is 0 Å². The number of halogens is 2. The summed E-state index contributed by atoms with van der Waals surface area (Å²) >= 11 is 0. The van der Waals surface area contributed by atoms with E-state index in [4.69, 9.17) is 0 Å². The fraction of sp³-hybridized carbons (Fsp3) is 0.385. The predicted octanol–water partition coefficient (Wildman–Crippen LogP) is 0.433. The first kappa shape index (κ1) is 16.0. The lowest BCUT2D eigenvalue weighted by Crippen LogP contribution is -2.92. The normalized spacial score (nSPS) is 13.4. The van der Waals surface area contributed by atoms with E-state index in [2.05, 4.69) is 10.6 Å². The highest BCUT2D eigenvalue weighted by molar-refractivity contribution is 5.95. The van der Waals surface area contributed by atoms with Crippen LogP contribution in [0.3, 0.4) is 0 Å². The van der Waals surface area contributed by atoms with Gasteiger partial charge < -0.3 is 10.6 Å². The lowest BCUT2D eigenvalue weighted by molar-refractivity contribution is -0.710. The van der Waals surface area contributed by atoms with Crippen molar-refractivity contribution in [3.63, 3.8) is 0 Å². The third-order valence-electron chi connectivity index (χ3n) is 2.92. The smallest absolute Gasteiger partial charge is 0.321 e. The number of hydrogen-bond donors (Lipinski definition) is 3. The van der Waals surface area contributed by atoms with Crippen molar-refractivity contribution in [1.29, 1.82) is 0 Å². The Kier molecular flexibility index (Phi) is 5.57. The summed E-state index contributed by atoms with van der Waals surface area (Å²) in [5, 5.41) is 6.08. The van der Waals surface area contributed by atoms with Gasteiger partial charge in [0, 0.05) is 12.6 Å². The molecule has 1 rings (SSSR count). The zero-order valence-corrected chi connectivity index (χ0v) is 11.5. The molecule has 0 saturated heterocycles. The summed E-state index contributed by atoms with van der Waals surface area (Å²) in [6, 6.07) is 2.22. The molecule has 0 saturated carbocycles. The summed E-state index contributed by atoms with van der Waals surface area (Å²) in [4.78, 5) is 22.7. The fourth-order valence-electron chi connectivity index (χ4n) is 1.72. The van der Waals surface area contributed by atoms with E-state index in [9.17, 15) is 18.4 Å². The quantitative estimate of drug-likeness (QED) is 0.751. The molecule has 0 heterocycles. The number of nitrogens with two attached hydrogens (primary N) is 1. The van der Waals surface area contributed by atoms with E-state index in [1.54, 1.807) is 19.2 Å². The number of rotatable bonds is 4. The van der Waals surface area contributed by atoms with Gasteiger partial charge >= 0.3 is 6.03 Å². The van der Waals surface area contributed by atoms with Gasteiger partial charge in [0.2, 0.25) is 0 Å². The number of amides is 3. The number of carbonyl (C=O) groups excluding carboxylic acids is 2. The maximum Gasteiger partial charge on any atom is 0.321 e. The SMILES string of the molecule is CNC(=O)NC(=O)[C@H](C)[NH2+][C@@H](C)c1ccc(F)c(F)c1. The standard InChI is InChI=1S/C13H17F2N3O2/c1-7(9-4-5-10(14)11(15)6-9)17-8(2)12(19)18-13(20)16-3/h4-8,17H,1-3H3,(H2,16,18,19,20)/p+1/t7-,8-/m0/s1. The van der Waals surface area contributed by atoms with E-state index in [1.165, 1.54) is 13.1 Å². The largest absolute Gasteiger partial charge is 0.341 e. The third kappa shape index (κ3) is 4.27. The molecule has 0 radical (unpaired) electrons. The number of benzene rings is 1. The lowest BCUT2D eigenvalue weighted by atomic mass is 10.1. The highest BCUT2D eigenvalue weighted by Gasteiger charge is 2.22. The van der Waals surface area contributed by atoms with Crippen LogP contribution in [0.1, 0.15) is 25.5 Å². The van der Waals surface area contributed by atoms with Crippen molar-refractivity contribution >= 4 is 11.9 Å². The molecule has 0 unspecified atom stereocenters. The van der Waals surface area contributed by atoms with Crippen LogP contribution in [0.15, 0.2) is 18.2 Å². The first-order chi connectivity index (χ1) is 9.35. The van der Waals surface area contributed by atoms with Crippen LogP contribution in [0.2, 0.25) is 0 Å². The minimum Gasteiger partial charge on any atom is -0.341 e. The summed E-state index contributed by atoms with van der Waals surface area (Å²) in [5.41, 5.74) is 0.559. The topological polar surface area (TPSA) is 74.8 Å². The Hall–Kier alpha value is -2.02. The second-order valence-electron chi connectivity index (χ2n) is 4.51. The molecule has 7 heteroatoms. The average Bonchev–Trinajstić information content (AvgIpc) is 2.41. The van der Waals surface area contributed by atoms with Gasteiger partial charge in [-0.2, -0.15) is 0 Å². The Balaban J connectivity index is 2.64. The van der Waals surface area contributed by atoms with Crippen molar-refractivity contribution in [3.8, 4) is 0 Å². The van der Waals surface area contributed by atoms with Crippen LogP contribution >= 0.6 is 0 Å². The van der Waals surface area contributed by atoms with Gasteiger partial charge in [0.25, 0.3) is 5.91 Å². The molecule has 110 valence electrons. The van der Waals surface area contributed by atoms with Crippen LogP contribution in [-0.2, 0) is 4.79 Å². The molecule has 0 bridgehead atoms. The van der Waals surface area contributed by atoms with Gasteiger partial charge in [0.1, 0.15) is 6.04 Å². The van der Waals surface area contributed by atoms with E-state index in [0.29, 0.717) is 5.56 Å². The molecule has 3 amide bonds. The highest BCUT2D eigenvalue weighted by atomic mass is 19.2. The molecule has 0 aromatic heterocycles. The van der Waals surface area contributed by atoms with Gasteiger partial charge in [0.15, 0.2) is 17.7 Å². The van der Waals surface area contributed by atoms with Gasteiger partial charge in [-0.05, 0) is 32.0 Å². The number of carbonyl (C=O) groups is 2. The highest BCUT2D eigenvalue weighted by Crippen LogP contribution is 2.13. The van der Waals surface area contributed by atoms with Gasteiger partial charge in [-0.25, -0.2) is 13.6 Å². The first-order valence-corrected chi connectivity index (χ1v) is 6.17. The van der Waals surface area contributed by atoms with E-state index in [1.807, 2.05) is 0 Å². The molecule has 2 atom stereocenters. The zero-order valence-electron chi connectivity index (χ0n) is 11.5. The van der Waals surface area contributed by atoms with Gasteiger partial charge in [-0.1, -0.05) is 0 Å². The van der Waals surface area contributed by atoms with Crippen LogP contribution in [0.4, 0.5) is 13.6 Å². The summed E-state index contributed by atoms with van der Waals surface area (Å²) in [7, 11) is 1.40. The Labute approximate surface area is 115 Å². The average molecular weight is 286 g/mol. The van der Waals surface area contributed by atoms with Crippen LogP contribution in [0.25, 0.3) is 0 Å². The maximum atomic E-state index is 13.1. The molecule has 5 nitrogen and oxygen atoms in total. The molecule has 0 aliphatic heterocycles. The second kappa shape index (κ2) is 6.95. The van der Waals surface area contributed by atoms with Crippen molar-refractivity contribution in [1.82, 2.24) is 10.6 Å². The summed E-state index contributed by atoms with van der Waals surface area (Å²) in [6.45, 7) is 3.38. The molecule has 0 spiro atoms. The van der Waals surface area contributed by atoms with E-state index < -0.39 is 29.6 Å². The van der Waals surface area contributed by atoms with E-state index >= 15 is 0 Å². The van der Waals surface area contributed by atoms with E-state index in [-0.39, 0.29) is 6.04 Å². The number of nitrogens with one attached hydrogen (secondary N) is 2. The molecule has 4 N–H and O–H groups in total. The molecule has 1 aromatic carbocycles. The summed E-state index contributed by atoms with van der Waals surface area (Å²) in [6.07, 6.45) is 0. The molecule has 0 aliphatic rings. The van der Waals surface area contributed by atoms with E-state index in [0.717, 1.165) is 12.1 Å².